The lowest BCUT2D eigenvalue weighted by Gasteiger charge is -2.08. The van der Waals surface area contributed by atoms with Gasteiger partial charge in [-0.15, -0.1) is 0 Å². The lowest BCUT2D eigenvalue weighted by atomic mass is 10.1. The Labute approximate surface area is 137 Å². The second-order valence-corrected chi connectivity index (χ2v) is 5.81. The van der Waals surface area contributed by atoms with E-state index in [1.54, 1.807) is 18.2 Å². The van der Waals surface area contributed by atoms with Crippen LogP contribution in [0.2, 0.25) is 0 Å². The normalized spacial score (nSPS) is 11.0. The Bertz CT molecular complexity index is 1140. The van der Waals surface area contributed by atoms with E-state index in [2.05, 4.69) is 15.3 Å². The monoisotopic (exact) mass is 317 g/mol. The zero-order chi connectivity index (χ0) is 16.7. The Morgan fingerprint density at radius 1 is 1.00 bits per heavy atom. The quantitative estimate of drug-likeness (QED) is 0.528. The molecule has 5 heteroatoms. The fourth-order valence-corrected chi connectivity index (χ4v) is 2.90. The molecule has 0 atom stereocenters. The van der Waals surface area contributed by atoms with Crippen molar-refractivity contribution in [2.24, 2.45) is 0 Å². The average Bonchev–Trinajstić information content (AvgIpc) is 3.01. The molecule has 0 aliphatic rings. The smallest absolute Gasteiger partial charge is 0.255 e. The van der Waals surface area contributed by atoms with Crippen LogP contribution in [0.25, 0.3) is 21.8 Å². The Morgan fingerprint density at radius 2 is 1.88 bits per heavy atom. The molecule has 1 amide bonds. The molecule has 0 saturated carbocycles. The van der Waals surface area contributed by atoms with Crippen LogP contribution in [-0.2, 0) is 0 Å². The van der Waals surface area contributed by atoms with E-state index >= 15 is 0 Å². The molecular weight excluding hydrogens is 302 g/mol. The highest BCUT2D eigenvalue weighted by Gasteiger charge is 2.08. The number of pyridine rings is 1. The van der Waals surface area contributed by atoms with Crippen LogP contribution in [0.5, 0.6) is 0 Å². The summed E-state index contributed by atoms with van der Waals surface area (Å²) >= 11 is 0. The molecule has 2 heterocycles. The van der Waals surface area contributed by atoms with Crippen molar-refractivity contribution in [1.82, 2.24) is 9.97 Å². The molecule has 0 radical (unpaired) electrons. The molecule has 3 N–H and O–H groups in total. The standard InChI is InChI=1S/C19H15N3O2/c1-11-8-18(23)22-17-10-14(4-5-15(11)17)21-19(24)13-3-2-12-6-7-20-16(12)9-13/h2-10,20H,1H3,(H,21,24)(H,22,23). The maximum atomic E-state index is 12.5. The van der Waals surface area contributed by atoms with Gasteiger partial charge in [0.25, 0.3) is 5.91 Å². The first kappa shape index (κ1) is 14.3. The van der Waals surface area contributed by atoms with Gasteiger partial charge in [-0.2, -0.15) is 0 Å². The number of fused-ring (bicyclic) bond motifs is 2. The lowest BCUT2D eigenvalue weighted by Crippen LogP contribution is -2.12. The number of hydrogen-bond donors (Lipinski definition) is 3. The second kappa shape index (κ2) is 5.38. The third-order valence-electron chi connectivity index (χ3n) is 4.12. The number of carbonyl (C=O) groups is 1. The number of aromatic amines is 2. The molecule has 4 aromatic rings. The molecular formula is C19H15N3O2. The van der Waals surface area contributed by atoms with Crippen molar-refractivity contribution < 1.29 is 4.79 Å². The number of aromatic nitrogens is 2. The van der Waals surface area contributed by atoms with E-state index in [-0.39, 0.29) is 11.5 Å². The average molecular weight is 317 g/mol. The number of amides is 1. The molecule has 0 fully saturated rings. The summed E-state index contributed by atoms with van der Waals surface area (Å²) in [7, 11) is 0. The maximum Gasteiger partial charge on any atom is 0.255 e. The maximum absolute atomic E-state index is 12.5. The summed E-state index contributed by atoms with van der Waals surface area (Å²) in [6.45, 7) is 1.89. The molecule has 0 spiro atoms. The van der Waals surface area contributed by atoms with Gasteiger partial charge in [0.05, 0.1) is 5.52 Å². The Hall–Kier alpha value is -3.34. The van der Waals surface area contributed by atoms with Crippen LogP contribution in [0.1, 0.15) is 15.9 Å². The van der Waals surface area contributed by atoms with E-state index in [4.69, 9.17) is 0 Å². The third kappa shape index (κ3) is 2.46. The highest BCUT2D eigenvalue weighted by atomic mass is 16.1. The zero-order valence-electron chi connectivity index (χ0n) is 13.0. The Kier molecular flexibility index (Phi) is 3.20. The van der Waals surface area contributed by atoms with Gasteiger partial charge in [-0.1, -0.05) is 12.1 Å². The van der Waals surface area contributed by atoms with Crippen molar-refractivity contribution >= 4 is 33.4 Å². The third-order valence-corrected chi connectivity index (χ3v) is 4.12. The first-order valence-electron chi connectivity index (χ1n) is 7.62. The minimum Gasteiger partial charge on any atom is -0.361 e. The first-order valence-corrected chi connectivity index (χ1v) is 7.62. The van der Waals surface area contributed by atoms with Crippen LogP contribution in [0, 0.1) is 6.92 Å². The molecule has 5 nitrogen and oxygen atoms in total. The summed E-state index contributed by atoms with van der Waals surface area (Å²) in [5.41, 5.74) is 3.59. The number of nitrogens with one attached hydrogen (secondary N) is 3. The SMILES string of the molecule is Cc1cc(=O)[nH]c2cc(NC(=O)c3ccc4cc[nH]c4c3)ccc12. The minimum atomic E-state index is -0.194. The van der Waals surface area contributed by atoms with Crippen LogP contribution in [0.15, 0.2) is 59.5 Å². The molecule has 0 aliphatic carbocycles. The molecule has 0 unspecified atom stereocenters. The largest absolute Gasteiger partial charge is 0.361 e. The number of benzene rings is 2. The predicted molar refractivity (Wildman–Crippen MR) is 95.6 cm³/mol. The molecule has 0 bridgehead atoms. The molecule has 4 rings (SSSR count). The number of H-pyrrole nitrogens is 2. The van der Waals surface area contributed by atoms with Crippen LogP contribution in [0.4, 0.5) is 5.69 Å². The van der Waals surface area contributed by atoms with Crippen LogP contribution in [-0.4, -0.2) is 15.9 Å². The molecule has 0 saturated heterocycles. The predicted octanol–water partition coefficient (Wildman–Crippen LogP) is 3.57. The van der Waals surface area contributed by atoms with Crippen molar-refractivity contribution in [2.75, 3.05) is 5.32 Å². The summed E-state index contributed by atoms with van der Waals surface area (Å²) in [6, 6.07) is 14.5. The van der Waals surface area contributed by atoms with Crippen LogP contribution < -0.4 is 10.9 Å². The number of aryl methyl sites for hydroxylation is 1. The van der Waals surface area contributed by atoms with Gasteiger partial charge in [0.2, 0.25) is 5.56 Å². The summed E-state index contributed by atoms with van der Waals surface area (Å²) < 4.78 is 0. The summed E-state index contributed by atoms with van der Waals surface area (Å²) in [5.74, 6) is -0.194. The zero-order valence-corrected chi connectivity index (χ0v) is 13.0. The fourth-order valence-electron chi connectivity index (χ4n) is 2.90. The summed E-state index contributed by atoms with van der Waals surface area (Å²) in [4.78, 5) is 30.0. The molecule has 0 aliphatic heterocycles. The van der Waals surface area contributed by atoms with Crippen molar-refractivity contribution in [2.45, 2.75) is 6.92 Å². The van der Waals surface area contributed by atoms with Gasteiger partial charge in [0.15, 0.2) is 0 Å². The van der Waals surface area contributed by atoms with Crippen molar-refractivity contribution in [3.05, 3.63) is 76.2 Å². The van der Waals surface area contributed by atoms with E-state index in [0.717, 1.165) is 21.9 Å². The van der Waals surface area contributed by atoms with Gasteiger partial charge in [0.1, 0.15) is 0 Å². The molecule has 24 heavy (non-hydrogen) atoms. The van der Waals surface area contributed by atoms with Crippen molar-refractivity contribution in [3.63, 3.8) is 0 Å². The van der Waals surface area contributed by atoms with Gasteiger partial charge in [-0.3, -0.25) is 9.59 Å². The van der Waals surface area contributed by atoms with E-state index in [1.165, 1.54) is 0 Å². The van der Waals surface area contributed by atoms with E-state index in [0.29, 0.717) is 16.8 Å². The van der Waals surface area contributed by atoms with Crippen LogP contribution >= 0.6 is 0 Å². The molecule has 118 valence electrons. The Balaban J connectivity index is 1.67. The van der Waals surface area contributed by atoms with Gasteiger partial charge in [0, 0.05) is 34.4 Å². The highest BCUT2D eigenvalue weighted by molar-refractivity contribution is 6.06. The van der Waals surface area contributed by atoms with E-state index in [1.807, 2.05) is 43.5 Å². The van der Waals surface area contributed by atoms with Crippen LogP contribution in [0.3, 0.4) is 0 Å². The second-order valence-electron chi connectivity index (χ2n) is 5.81. The van der Waals surface area contributed by atoms with Gasteiger partial charge < -0.3 is 15.3 Å². The number of rotatable bonds is 2. The highest BCUT2D eigenvalue weighted by Crippen LogP contribution is 2.20. The Morgan fingerprint density at radius 3 is 2.75 bits per heavy atom. The minimum absolute atomic E-state index is 0.152. The van der Waals surface area contributed by atoms with Gasteiger partial charge in [-0.05, 0) is 48.2 Å². The topological polar surface area (TPSA) is 77.8 Å². The first-order chi connectivity index (χ1) is 11.6. The number of hydrogen-bond acceptors (Lipinski definition) is 2. The summed E-state index contributed by atoms with van der Waals surface area (Å²) in [5, 5.41) is 4.89. The van der Waals surface area contributed by atoms with Gasteiger partial charge >= 0.3 is 0 Å². The van der Waals surface area contributed by atoms with Crippen molar-refractivity contribution in [3.8, 4) is 0 Å². The number of anilines is 1. The van der Waals surface area contributed by atoms with Gasteiger partial charge in [-0.25, -0.2) is 0 Å². The fraction of sp³-hybridized carbons (Fsp3) is 0.0526. The molecule has 2 aromatic carbocycles. The summed E-state index contributed by atoms with van der Waals surface area (Å²) in [6.07, 6.45) is 1.84. The van der Waals surface area contributed by atoms with E-state index < -0.39 is 0 Å². The van der Waals surface area contributed by atoms with E-state index in [9.17, 15) is 9.59 Å². The number of carbonyl (C=O) groups excluding carboxylic acids is 1. The lowest BCUT2D eigenvalue weighted by molar-refractivity contribution is 0.102. The van der Waals surface area contributed by atoms with Crippen molar-refractivity contribution in [1.29, 1.82) is 0 Å². The molecule has 2 aromatic heterocycles.